The fourth-order valence-electron chi connectivity index (χ4n) is 3.59. The summed E-state index contributed by atoms with van der Waals surface area (Å²) in [5.41, 5.74) is 2.33. The van der Waals surface area contributed by atoms with Gasteiger partial charge in [-0.3, -0.25) is 9.52 Å². The summed E-state index contributed by atoms with van der Waals surface area (Å²) in [5, 5.41) is 2.82. The Balaban J connectivity index is 1.53. The van der Waals surface area contributed by atoms with Crippen molar-refractivity contribution in [3.05, 3.63) is 83.1 Å². The van der Waals surface area contributed by atoms with E-state index in [-0.39, 0.29) is 22.0 Å². The van der Waals surface area contributed by atoms with Crippen LogP contribution in [0.25, 0.3) is 11.0 Å². The van der Waals surface area contributed by atoms with Crippen molar-refractivity contribution in [1.82, 2.24) is 14.9 Å². The normalized spacial score (nSPS) is 11.4. The second kappa shape index (κ2) is 9.74. The number of carbonyl (C=O) groups excluding carboxylic acids is 1. The number of imidazole rings is 1. The summed E-state index contributed by atoms with van der Waals surface area (Å²) in [7, 11) is -2.51. The van der Waals surface area contributed by atoms with Crippen LogP contribution in [0.15, 0.2) is 71.6 Å². The van der Waals surface area contributed by atoms with Gasteiger partial charge in [-0.15, -0.1) is 0 Å². The number of sulfonamides is 1. The fourth-order valence-corrected chi connectivity index (χ4v) is 5.18. The second-order valence-corrected chi connectivity index (χ2v) is 9.48. The van der Waals surface area contributed by atoms with E-state index in [1.54, 1.807) is 24.3 Å². The van der Waals surface area contributed by atoms with Crippen molar-refractivity contribution in [1.29, 1.82) is 0 Å². The van der Waals surface area contributed by atoms with E-state index in [2.05, 4.69) is 15.0 Å². The highest BCUT2D eigenvalue weighted by atomic mass is 35.5. The third-order valence-corrected chi connectivity index (χ3v) is 7.14. The van der Waals surface area contributed by atoms with E-state index in [1.807, 2.05) is 35.8 Å². The molecule has 1 amide bonds. The average Bonchev–Trinajstić information content (AvgIpc) is 3.20. The lowest BCUT2D eigenvalue weighted by molar-refractivity contribution is 0.0949. The van der Waals surface area contributed by atoms with Gasteiger partial charge in [-0.05, 0) is 61.5 Å². The van der Waals surface area contributed by atoms with Gasteiger partial charge in [0.15, 0.2) is 0 Å². The van der Waals surface area contributed by atoms with E-state index in [9.17, 15) is 13.2 Å². The molecule has 34 heavy (non-hydrogen) atoms. The molecule has 0 aliphatic carbocycles. The molecule has 0 aliphatic rings. The number of nitrogens with zero attached hydrogens (tertiary/aromatic N) is 2. The van der Waals surface area contributed by atoms with E-state index in [1.165, 1.54) is 25.3 Å². The van der Waals surface area contributed by atoms with Gasteiger partial charge in [-0.2, -0.15) is 0 Å². The number of anilines is 1. The van der Waals surface area contributed by atoms with Crippen molar-refractivity contribution in [3.63, 3.8) is 0 Å². The molecule has 0 atom stereocenters. The number of aromatic nitrogens is 2. The third kappa shape index (κ3) is 4.85. The minimum atomic E-state index is -4.03. The lowest BCUT2D eigenvalue weighted by Crippen LogP contribution is -2.25. The highest BCUT2D eigenvalue weighted by Crippen LogP contribution is 2.26. The van der Waals surface area contributed by atoms with Crippen LogP contribution in [0.1, 0.15) is 23.1 Å². The van der Waals surface area contributed by atoms with Gasteiger partial charge in [0.2, 0.25) is 0 Å². The number of para-hydroxylation sites is 2. The first-order valence-corrected chi connectivity index (χ1v) is 12.4. The number of aryl methyl sites for hydroxylation is 1. The highest BCUT2D eigenvalue weighted by molar-refractivity contribution is 7.92. The number of benzene rings is 3. The van der Waals surface area contributed by atoms with E-state index >= 15 is 0 Å². The van der Waals surface area contributed by atoms with Crippen molar-refractivity contribution in [2.45, 2.75) is 24.9 Å². The molecule has 1 heterocycles. The molecule has 0 unspecified atom stereocenters. The average molecular weight is 499 g/mol. The Kier molecular flexibility index (Phi) is 6.76. The van der Waals surface area contributed by atoms with Crippen LogP contribution in [0, 0.1) is 0 Å². The van der Waals surface area contributed by atoms with E-state index < -0.39 is 15.9 Å². The summed E-state index contributed by atoms with van der Waals surface area (Å²) >= 11 is 6.17. The number of halogens is 1. The largest absolute Gasteiger partial charge is 0.497 e. The van der Waals surface area contributed by atoms with Crippen molar-refractivity contribution >= 4 is 44.3 Å². The summed E-state index contributed by atoms with van der Waals surface area (Å²) in [6.45, 7) is 2.90. The van der Waals surface area contributed by atoms with Crippen LogP contribution in [-0.2, 0) is 23.1 Å². The Morgan fingerprint density at radius 1 is 1.09 bits per heavy atom. The zero-order valence-electron chi connectivity index (χ0n) is 18.6. The Labute approximate surface area is 202 Å². The highest BCUT2D eigenvalue weighted by Gasteiger charge is 2.21. The number of rotatable bonds is 8. The van der Waals surface area contributed by atoms with Gasteiger partial charge in [0.05, 0.1) is 29.7 Å². The molecular formula is C24H23ClN4O4S. The van der Waals surface area contributed by atoms with Crippen molar-refractivity contribution in [3.8, 4) is 5.75 Å². The number of carbonyl (C=O) groups is 1. The molecule has 0 bridgehead atoms. The monoisotopic (exact) mass is 498 g/mol. The van der Waals surface area contributed by atoms with E-state index in [0.717, 1.165) is 11.0 Å². The molecule has 4 aromatic rings. The molecular weight excluding hydrogens is 476 g/mol. The first-order valence-electron chi connectivity index (χ1n) is 10.5. The molecule has 0 radical (unpaired) electrons. The maximum Gasteiger partial charge on any atom is 0.263 e. The molecule has 0 saturated carbocycles. The molecule has 0 aliphatic heterocycles. The predicted octanol–water partition coefficient (Wildman–Crippen LogP) is 4.45. The SMILES string of the molecule is CCn1c(CNC(=O)c2ccc(Cl)c(S(=O)(=O)Nc3ccc(OC)cc3)c2)nc2ccccc21. The second-order valence-electron chi connectivity index (χ2n) is 7.42. The third-order valence-electron chi connectivity index (χ3n) is 5.28. The molecule has 0 fully saturated rings. The topological polar surface area (TPSA) is 102 Å². The van der Waals surface area contributed by atoms with Crippen LogP contribution in [0.5, 0.6) is 5.75 Å². The van der Waals surface area contributed by atoms with Gasteiger partial charge in [0.25, 0.3) is 15.9 Å². The Morgan fingerprint density at radius 2 is 1.82 bits per heavy atom. The van der Waals surface area contributed by atoms with E-state index in [4.69, 9.17) is 16.3 Å². The van der Waals surface area contributed by atoms with Gasteiger partial charge < -0.3 is 14.6 Å². The molecule has 2 N–H and O–H groups in total. The van der Waals surface area contributed by atoms with Crippen LogP contribution < -0.4 is 14.8 Å². The first kappa shape index (κ1) is 23.6. The van der Waals surface area contributed by atoms with Gasteiger partial charge in [-0.1, -0.05) is 23.7 Å². The van der Waals surface area contributed by atoms with Crippen LogP contribution in [-0.4, -0.2) is 31.0 Å². The minimum absolute atomic E-state index is 0.00494. The maximum atomic E-state index is 12.9. The van der Waals surface area contributed by atoms with Gasteiger partial charge >= 0.3 is 0 Å². The number of ether oxygens (including phenoxy) is 1. The minimum Gasteiger partial charge on any atom is -0.497 e. The van der Waals surface area contributed by atoms with Crippen LogP contribution in [0.3, 0.4) is 0 Å². The fraction of sp³-hybridized carbons (Fsp3) is 0.167. The zero-order valence-corrected chi connectivity index (χ0v) is 20.2. The molecule has 176 valence electrons. The Bertz CT molecular complexity index is 1450. The number of fused-ring (bicyclic) bond motifs is 1. The van der Waals surface area contributed by atoms with Gasteiger partial charge in [-0.25, -0.2) is 13.4 Å². The Morgan fingerprint density at radius 3 is 2.53 bits per heavy atom. The summed E-state index contributed by atoms with van der Waals surface area (Å²) < 4.78 is 35.5. The van der Waals surface area contributed by atoms with Crippen molar-refractivity contribution in [2.75, 3.05) is 11.8 Å². The summed E-state index contributed by atoms with van der Waals surface area (Å²) in [4.78, 5) is 17.2. The molecule has 10 heteroatoms. The lowest BCUT2D eigenvalue weighted by Gasteiger charge is -2.12. The van der Waals surface area contributed by atoms with Crippen molar-refractivity contribution < 1.29 is 17.9 Å². The van der Waals surface area contributed by atoms with Crippen molar-refractivity contribution in [2.24, 2.45) is 0 Å². The summed E-state index contributed by atoms with van der Waals surface area (Å²) in [6.07, 6.45) is 0. The Hall–Kier alpha value is -3.56. The summed E-state index contributed by atoms with van der Waals surface area (Å²) in [5.74, 6) is 0.864. The molecule has 1 aromatic heterocycles. The maximum absolute atomic E-state index is 12.9. The molecule has 0 spiro atoms. The number of hydrogen-bond donors (Lipinski definition) is 2. The van der Waals surface area contributed by atoms with E-state index in [0.29, 0.717) is 23.8 Å². The first-order chi connectivity index (χ1) is 16.3. The predicted molar refractivity (Wildman–Crippen MR) is 132 cm³/mol. The van der Waals surface area contributed by atoms with Gasteiger partial charge in [0, 0.05) is 17.8 Å². The quantitative estimate of drug-likeness (QED) is 0.373. The zero-order chi connectivity index (χ0) is 24.3. The summed E-state index contributed by atoms with van der Waals surface area (Å²) in [6, 6.07) is 18.3. The number of hydrogen-bond acceptors (Lipinski definition) is 5. The van der Waals surface area contributed by atoms with Crippen LogP contribution in [0.2, 0.25) is 5.02 Å². The number of amides is 1. The smallest absolute Gasteiger partial charge is 0.263 e. The van der Waals surface area contributed by atoms with Crippen LogP contribution >= 0.6 is 11.6 Å². The molecule has 4 rings (SSSR count). The molecule has 8 nitrogen and oxygen atoms in total. The molecule has 0 saturated heterocycles. The van der Waals surface area contributed by atoms with Crippen LogP contribution in [0.4, 0.5) is 5.69 Å². The van der Waals surface area contributed by atoms with Gasteiger partial charge in [0.1, 0.15) is 16.5 Å². The molecule has 3 aromatic carbocycles. The number of nitrogens with one attached hydrogen (secondary N) is 2. The number of methoxy groups -OCH3 is 1. The standard InChI is InChI=1S/C24H23ClN4O4S/c1-3-29-21-7-5-4-6-20(21)27-23(29)15-26-24(30)16-8-13-19(25)22(14-16)34(31,32)28-17-9-11-18(33-2)12-10-17/h4-14,28H,3,15H2,1-2H3,(H,26,30). The lowest BCUT2D eigenvalue weighted by atomic mass is 10.2.